The third kappa shape index (κ3) is 37.0. The van der Waals surface area contributed by atoms with Crippen molar-refractivity contribution in [1.82, 2.24) is 0 Å². The van der Waals surface area contributed by atoms with Gasteiger partial charge in [0.05, 0.1) is 25.4 Å². The van der Waals surface area contributed by atoms with Crippen LogP contribution >= 0.6 is 7.82 Å². The van der Waals surface area contributed by atoms with E-state index in [2.05, 4.69) is 103 Å². The minimum Gasteiger partial charge on any atom is -0.480 e. The van der Waals surface area contributed by atoms with Crippen molar-refractivity contribution in [1.29, 1.82) is 0 Å². The standard InChI is InChI=1S/C50H76NO11P/c1-3-5-7-8-9-10-11-12-13-14-15-16-17-18-23-26-29-32-36-40-49(53)61-44(42-59-63(56,57)60-43-45(51)50(54)55)41-58-48(52)39-35-31-28-25-22-20-19-21-24-27-30-34-38-47-46(62-47)37-33-6-4-2/h6,9-10,12-13,15-16,18,20-24,28-34,44-47H,3-5,7-8,11,14,17,19,25-27,35-43,51H2,1-2H3,(H,54,55)(H,56,57)/b10-9-,13-12-,16-15-,22-20-,23-18-,24-21-,31-28-,32-29-,33-6-,34-30-/t44-,45+,46?,47?/m1/s1. The minimum atomic E-state index is -4.77. The fraction of sp³-hybridized carbons (Fsp3) is 0.540. The van der Waals surface area contributed by atoms with Gasteiger partial charge >= 0.3 is 25.7 Å². The van der Waals surface area contributed by atoms with Crippen LogP contribution in [0.1, 0.15) is 129 Å². The van der Waals surface area contributed by atoms with E-state index in [4.69, 9.17) is 29.6 Å². The monoisotopic (exact) mass is 898 g/mol. The number of epoxide rings is 1. The van der Waals surface area contributed by atoms with Crippen molar-refractivity contribution in [3.05, 3.63) is 122 Å². The zero-order valence-electron chi connectivity index (χ0n) is 37.8. The largest absolute Gasteiger partial charge is 0.480 e. The summed E-state index contributed by atoms with van der Waals surface area (Å²) >= 11 is 0. The molecular formula is C50H76NO11P. The summed E-state index contributed by atoms with van der Waals surface area (Å²) in [5.74, 6) is -2.62. The molecule has 1 aliphatic heterocycles. The second kappa shape index (κ2) is 39.4. The first-order valence-electron chi connectivity index (χ1n) is 22.7. The molecule has 1 heterocycles. The van der Waals surface area contributed by atoms with Gasteiger partial charge in [-0.25, -0.2) is 4.57 Å². The Morgan fingerprint density at radius 1 is 0.587 bits per heavy atom. The maximum Gasteiger partial charge on any atom is 0.472 e. The lowest BCUT2D eigenvalue weighted by Gasteiger charge is -2.20. The molecule has 1 fully saturated rings. The number of carbonyl (C=O) groups excluding carboxylic acids is 2. The predicted octanol–water partition coefficient (Wildman–Crippen LogP) is 11.4. The maximum atomic E-state index is 12.6. The van der Waals surface area contributed by atoms with Crippen LogP contribution in [0.3, 0.4) is 0 Å². The van der Waals surface area contributed by atoms with Crippen LogP contribution in [0.5, 0.6) is 0 Å². The van der Waals surface area contributed by atoms with Gasteiger partial charge < -0.3 is 29.9 Å². The van der Waals surface area contributed by atoms with Gasteiger partial charge in [-0.1, -0.05) is 148 Å². The van der Waals surface area contributed by atoms with E-state index in [9.17, 15) is 23.8 Å². The number of carboxylic acids is 1. The first kappa shape index (κ1) is 56.9. The molecular weight excluding hydrogens is 822 g/mol. The number of hydrogen-bond acceptors (Lipinski definition) is 10. The summed E-state index contributed by atoms with van der Waals surface area (Å²) in [5, 5.41) is 8.90. The Hall–Kier alpha value is -4.16. The highest BCUT2D eigenvalue weighted by molar-refractivity contribution is 7.47. The van der Waals surface area contributed by atoms with E-state index in [1.165, 1.54) is 19.3 Å². The van der Waals surface area contributed by atoms with Crippen LogP contribution in [-0.4, -0.2) is 72.1 Å². The minimum absolute atomic E-state index is 0.0118. The molecule has 3 unspecified atom stereocenters. The van der Waals surface area contributed by atoms with E-state index in [1.807, 2.05) is 36.5 Å². The lowest BCUT2D eigenvalue weighted by Crippen LogP contribution is -2.34. The van der Waals surface area contributed by atoms with Crippen molar-refractivity contribution in [2.45, 2.75) is 154 Å². The van der Waals surface area contributed by atoms with Crippen molar-refractivity contribution < 1.29 is 52.2 Å². The molecule has 352 valence electrons. The van der Waals surface area contributed by atoms with Crippen LogP contribution in [-0.2, 0) is 42.2 Å². The zero-order chi connectivity index (χ0) is 46.1. The highest BCUT2D eigenvalue weighted by Gasteiger charge is 2.36. The molecule has 0 aliphatic carbocycles. The number of unbranched alkanes of at least 4 members (excludes halogenated alkanes) is 3. The fourth-order valence-electron chi connectivity index (χ4n) is 5.47. The fourth-order valence-corrected chi connectivity index (χ4v) is 6.24. The number of allylic oxidation sites excluding steroid dienone is 18. The van der Waals surface area contributed by atoms with Crippen molar-refractivity contribution in [3.8, 4) is 0 Å². The van der Waals surface area contributed by atoms with Gasteiger partial charge in [0.2, 0.25) is 0 Å². The number of phosphoric acid groups is 1. The molecule has 0 radical (unpaired) electrons. The van der Waals surface area contributed by atoms with Gasteiger partial charge in [0, 0.05) is 12.8 Å². The molecule has 4 N–H and O–H groups in total. The summed E-state index contributed by atoms with van der Waals surface area (Å²) in [4.78, 5) is 46.0. The summed E-state index contributed by atoms with van der Waals surface area (Å²) < 4.78 is 38.2. The number of nitrogens with two attached hydrogens (primary N) is 1. The number of carboxylic acid groups (broad SMARTS) is 1. The SMILES string of the molecule is CC/C=C\CC1OC1C/C=C\C/C=C\C/C=C\C/C=C\CCC(=O)OC[C@H](COP(=O)(O)OC[C@H](N)C(=O)O)OC(=O)CC/C=C\C/C=C\C/C=C\C/C=C\C/C=C\CCCCC. The molecule has 0 saturated carbocycles. The Morgan fingerprint density at radius 3 is 1.49 bits per heavy atom. The van der Waals surface area contributed by atoms with Gasteiger partial charge in [0.25, 0.3) is 0 Å². The van der Waals surface area contributed by atoms with Gasteiger partial charge in [0.15, 0.2) is 6.10 Å². The van der Waals surface area contributed by atoms with Crippen LogP contribution in [0.4, 0.5) is 0 Å². The summed E-state index contributed by atoms with van der Waals surface area (Å²) in [6.45, 7) is 2.48. The van der Waals surface area contributed by atoms with E-state index in [1.54, 1.807) is 0 Å². The second-order valence-electron chi connectivity index (χ2n) is 14.8. The molecule has 1 saturated heterocycles. The molecule has 5 atom stereocenters. The third-order valence-corrected chi connectivity index (χ3v) is 10.1. The molecule has 1 aliphatic rings. The summed E-state index contributed by atoms with van der Waals surface area (Å²) in [7, 11) is -4.77. The number of aliphatic carboxylic acids is 1. The third-order valence-electron chi connectivity index (χ3n) is 9.12. The number of phosphoric ester groups is 1. The molecule has 63 heavy (non-hydrogen) atoms. The highest BCUT2D eigenvalue weighted by atomic mass is 31.2. The first-order valence-corrected chi connectivity index (χ1v) is 24.2. The van der Waals surface area contributed by atoms with Crippen molar-refractivity contribution in [2.75, 3.05) is 19.8 Å². The number of rotatable bonds is 39. The van der Waals surface area contributed by atoms with Crippen LogP contribution in [0.25, 0.3) is 0 Å². The van der Waals surface area contributed by atoms with E-state index >= 15 is 0 Å². The Morgan fingerprint density at radius 2 is 1.02 bits per heavy atom. The Bertz CT molecular complexity index is 1590. The van der Waals surface area contributed by atoms with Gasteiger partial charge in [-0.2, -0.15) is 0 Å². The van der Waals surface area contributed by atoms with Gasteiger partial charge in [-0.05, 0) is 89.9 Å². The molecule has 0 spiro atoms. The number of esters is 2. The quantitative estimate of drug-likeness (QED) is 0.0175. The zero-order valence-corrected chi connectivity index (χ0v) is 38.7. The van der Waals surface area contributed by atoms with Crippen molar-refractivity contribution in [2.24, 2.45) is 5.73 Å². The maximum absolute atomic E-state index is 12.6. The molecule has 1 rings (SSSR count). The van der Waals surface area contributed by atoms with Crippen molar-refractivity contribution >= 4 is 25.7 Å². The molecule has 0 aromatic carbocycles. The van der Waals surface area contributed by atoms with Crippen molar-refractivity contribution in [3.63, 3.8) is 0 Å². The van der Waals surface area contributed by atoms with E-state index in [0.29, 0.717) is 37.9 Å². The molecule has 0 bridgehead atoms. The Labute approximate surface area is 377 Å². The molecule has 0 aromatic rings. The summed E-state index contributed by atoms with van der Waals surface area (Å²) in [5.41, 5.74) is 5.33. The lowest BCUT2D eigenvalue weighted by molar-refractivity contribution is -0.161. The van der Waals surface area contributed by atoms with E-state index in [0.717, 1.165) is 57.8 Å². The van der Waals surface area contributed by atoms with Crippen LogP contribution in [0.15, 0.2) is 122 Å². The first-order chi connectivity index (χ1) is 30.6. The van der Waals surface area contributed by atoms with Crippen LogP contribution in [0.2, 0.25) is 0 Å². The predicted molar refractivity (Wildman–Crippen MR) is 253 cm³/mol. The molecule has 13 heteroatoms. The topological polar surface area (TPSA) is 184 Å². The number of carbonyl (C=O) groups is 3. The summed E-state index contributed by atoms with van der Waals surface area (Å²) in [6, 6.07) is -1.55. The molecule has 12 nitrogen and oxygen atoms in total. The number of hydrogen-bond donors (Lipinski definition) is 3. The average molecular weight is 898 g/mol. The molecule has 0 aromatic heterocycles. The second-order valence-corrected chi connectivity index (χ2v) is 16.3. The average Bonchev–Trinajstić information content (AvgIpc) is 4.02. The smallest absolute Gasteiger partial charge is 0.472 e. The Balaban J connectivity index is 2.38. The van der Waals surface area contributed by atoms with Gasteiger partial charge in [-0.15, -0.1) is 0 Å². The van der Waals surface area contributed by atoms with E-state index in [-0.39, 0.29) is 12.8 Å². The van der Waals surface area contributed by atoms with Crippen LogP contribution < -0.4 is 5.73 Å². The molecule has 0 amide bonds. The summed E-state index contributed by atoms with van der Waals surface area (Å²) in [6.07, 6.45) is 56.2. The van der Waals surface area contributed by atoms with E-state index < -0.39 is 57.7 Å². The van der Waals surface area contributed by atoms with Gasteiger partial charge in [0.1, 0.15) is 12.6 Å². The number of ether oxygens (including phenoxy) is 3. The van der Waals surface area contributed by atoms with Crippen LogP contribution in [0, 0.1) is 0 Å². The van der Waals surface area contributed by atoms with Gasteiger partial charge in [-0.3, -0.25) is 23.4 Å². The lowest BCUT2D eigenvalue weighted by atomic mass is 10.1. The Kier molecular flexibility index (Phi) is 35.6. The normalized spacial score (nSPS) is 18.0. The highest BCUT2D eigenvalue weighted by Crippen LogP contribution is 2.43.